The van der Waals surface area contributed by atoms with Crippen molar-refractivity contribution in [3.8, 4) is 0 Å². The number of sulfone groups is 1. The molecule has 0 spiro atoms. The van der Waals surface area contributed by atoms with Crippen LogP contribution >= 0.6 is 0 Å². The van der Waals surface area contributed by atoms with E-state index in [1.165, 1.54) is 16.7 Å². The Morgan fingerprint density at radius 3 is 2.63 bits per heavy atom. The molecule has 0 atom stereocenters. The van der Waals surface area contributed by atoms with Gasteiger partial charge in [-0.1, -0.05) is 24.3 Å². The molecule has 2 aliphatic rings. The van der Waals surface area contributed by atoms with Crippen molar-refractivity contribution in [2.75, 3.05) is 5.75 Å². The van der Waals surface area contributed by atoms with E-state index in [1.54, 1.807) is 12.1 Å². The first-order valence-electron chi connectivity index (χ1n) is 9.44. The number of hydrogen-bond acceptors (Lipinski definition) is 4. The van der Waals surface area contributed by atoms with Crippen LogP contribution in [0.4, 0.5) is 0 Å². The smallest absolute Gasteiger partial charge is 0.221 e. The van der Waals surface area contributed by atoms with Crippen LogP contribution in [-0.4, -0.2) is 20.1 Å². The predicted octanol–water partition coefficient (Wildman–Crippen LogP) is 2.26. The number of nitrogens with one attached hydrogen (secondary N) is 2. The summed E-state index contributed by atoms with van der Waals surface area (Å²) in [5.74, 6) is -0.399. The van der Waals surface area contributed by atoms with Gasteiger partial charge in [0.05, 0.1) is 10.6 Å². The standard InChI is InChI=1S/C21H24N2O3S/c24-21(23-12-15-4-5-18-13-22-14-19(18)10-15)8-9-27(25,26)20-7-6-16-2-1-3-17(16)11-20/h4-7,10-11,22H,1-3,8-9,12-14H2,(H,23,24). The highest BCUT2D eigenvalue weighted by Crippen LogP contribution is 2.25. The molecule has 1 amide bonds. The molecule has 1 aliphatic heterocycles. The molecular weight excluding hydrogens is 360 g/mol. The molecule has 2 aromatic carbocycles. The lowest BCUT2D eigenvalue weighted by Crippen LogP contribution is -2.25. The van der Waals surface area contributed by atoms with Crippen molar-refractivity contribution in [3.63, 3.8) is 0 Å². The molecule has 0 unspecified atom stereocenters. The normalized spacial score (nSPS) is 15.4. The Bertz CT molecular complexity index is 983. The van der Waals surface area contributed by atoms with Crippen molar-refractivity contribution in [2.24, 2.45) is 0 Å². The minimum atomic E-state index is -3.44. The third kappa shape index (κ3) is 4.06. The maximum Gasteiger partial charge on any atom is 0.221 e. The molecule has 0 saturated heterocycles. The predicted molar refractivity (Wildman–Crippen MR) is 104 cm³/mol. The summed E-state index contributed by atoms with van der Waals surface area (Å²) in [5.41, 5.74) is 5.97. The number of carbonyl (C=O) groups is 1. The van der Waals surface area contributed by atoms with Gasteiger partial charge in [-0.25, -0.2) is 8.42 Å². The molecule has 5 nitrogen and oxygen atoms in total. The highest BCUT2D eigenvalue weighted by Gasteiger charge is 2.20. The Morgan fingerprint density at radius 1 is 0.963 bits per heavy atom. The van der Waals surface area contributed by atoms with Gasteiger partial charge in [-0.15, -0.1) is 0 Å². The van der Waals surface area contributed by atoms with Gasteiger partial charge in [0, 0.05) is 26.1 Å². The lowest BCUT2D eigenvalue weighted by Gasteiger charge is -2.09. The van der Waals surface area contributed by atoms with Crippen LogP contribution < -0.4 is 10.6 Å². The van der Waals surface area contributed by atoms with Crippen LogP contribution in [-0.2, 0) is 47.1 Å². The van der Waals surface area contributed by atoms with E-state index in [0.29, 0.717) is 11.4 Å². The molecule has 2 aromatic rings. The third-order valence-corrected chi connectivity index (χ3v) is 7.13. The molecular formula is C21H24N2O3S. The molecule has 0 saturated carbocycles. The number of carbonyl (C=O) groups excluding carboxylic acids is 1. The van der Waals surface area contributed by atoms with E-state index in [9.17, 15) is 13.2 Å². The Kier molecular flexibility index (Phi) is 5.02. The Morgan fingerprint density at radius 2 is 1.74 bits per heavy atom. The number of fused-ring (bicyclic) bond motifs is 2. The first-order valence-corrected chi connectivity index (χ1v) is 11.1. The van der Waals surface area contributed by atoms with E-state index in [2.05, 4.69) is 22.8 Å². The molecule has 0 radical (unpaired) electrons. The zero-order valence-corrected chi connectivity index (χ0v) is 16.1. The second kappa shape index (κ2) is 7.44. The lowest BCUT2D eigenvalue weighted by molar-refractivity contribution is -0.120. The quantitative estimate of drug-likeness (QED) is 0.801. The highest BCUT2D eigenvalue weighted by molar-refractivity contribution is 7.91. The van der Waals surface area contributed by atoms with Crippen LogP contribution in [0.1, 0.15) is 40.7 Å². The number of amides is 1. The Balaban J connectivity index is 1.32. The molecule has 1 heterocycles. The maximum atomic E-state index is 12.6. The average molecular weight is 385 g/mol. The molecule has 4 rings (SSSR count). The molecule has 6 heteroatoms. The monoisotopic (exact) mass is 384 g/mol. The number of hydrogen-bond donors (Lipinski definition) is 2. The summed E-state index contributed by atoms with van der Waals surface area (Å²) in [4.78, 5) is 12.5. The highest BCUT2D eigenvalue weighted by atomic mass is 32.2. The van der Waals surface area contributed by atoms with E-state index >= 15 is 0 Å². The molecule has 0 aromatic heterocycles. The van der Waals surface area contributed by atoms with Crippen molar-refractivity contribution in [3.05, 3.63) is 64.2 Å². The second-order valence-corrected chi connectivity index (χ2v) is 9.45. The van der Waals surface area contributed by atoms with Crippen LogP contribution in [0.25, 0.3) is 0 Å². The number of benzene rings is 2. The SMILES string of the molecule is O=C(CCS(=O)(=O)c1ccc2c(c1)CCC2)NCc1ccc2c(c1)CNC2. The molecule has 0 bridgehead atoms. The molecule has 2 N–H and O–H groups in total. The number of rotatable bonds is 6. The minimum absolute atomic E-state index is 0.0219. The first kappa shape index (κ1) is 18.2. The van der Waals surface area contributed by atoms with Crippen molar-refractivity contribution in [1.29, 1.82) is 0 Å². The van der Waals surface area contributed by atoms with E-state index in [0.717, 1.165) is 43.5 Å². The topological polar surface area (TPSA) is 75.3 Å². The van der Waals surface area contributed by atoms with Gasteiger partial charge in [0.2, 0.25) is 5.91 Å². The van der Waals surface area contributed by atoms with Crippen molar-refractivity contribution in [2.45, 2.75) is 50.2 Å². The fraction of sp³-hybridized carbons (Fsp3) is 0.381. The van der Waals surface area contributed by atoms with E-state index in [1.807, 2.05) is 12.1 Å². The summed E-state index contributed by atoms with van der Waals surface area (Å²) in [6, 6.07) is 11.6. The van der Waals surface area contributed by atoms with E-state index < -0.39 is 9.84 Å². The van der Waals surface area contributed by atoms with Crippen molar-refractivity contribution in [1.82, 2.24) is 10.6 Å². The van der Waals surface area contributed by atoms with E-state index in [4.69, 9.17) is 0 Å². The zero-order valence-electron chi connectivity index (χ0n) is 15.3. The summed E-state index contributed by atoms with van der Waals surface area (Å²) in [6.45, 7) is 2.17. The van der Waals surface area contributed by atoms with Gasteiger partial charge in [0.15, 0.2) is 9.84 Å². The van der Waals surface area contributed by atoms with Crippen molar-refractivity contribution >= 4 is 15.7 Å². The zero-order chi connectivity index (χ0) is 18.9. The molecule has 1 aliphatic carbocycles. The van der Waals surface area contributed by atoms with Crippen LogP contribution in [0.2, 0.25) is 0 Å². The maximum absolute atomic E-state index is 12.6. The van der Waals surface area contributed by atoms with Crippen LogP contribution in [0.15, 0.2) is 41.3 Å². The summed E-state index contributed by atoms with van der Waals surface area (Å²) in [6.07, 6.45) is 3.03. The Labute approximate surface area is 160 Å². The summed E-state index contributed by atoms with van der Waals surface area (Å²) < 4.78 is 25.1. The first-order chi connectivity index (χ1) is 13.0. The van der Waals surface area contributed by atoms with Gasteiger partial charge >= 0.3 is 0 Å². The summed E-state index contributed by atoms with van der Waals surface area (Å²) in [5, 5.41) is 6.13. The second-order valence-electron chi connectivity index (χ2n) is 7.34. The molecule has 27 heavy (non-hydrogen) atoms. The molecule has 142 valence electrons. The van der Waals surface area contributed by atoms with Crippen LogP contribution in [0, 0.1) is 0 Å². The fourth-order valence-corrected chi connectivity index (χ4v) is 5.12. The van der Waals surface area contributed by atoms with Crippen LogP contribution in [0.5, 0.6) is 0 Å². The Hall–Kier alpha value is -2.18. The minimum Gasteiger partial charge on any atom is -0.352 e. The van der Waals surface area contributed by atoms with E-state index in [-0.39, 0.29) is 18.1 Å². The summed E-state index contributed by atoms with van der Waals surface area (Å²) >= 11 is 0. The van der Waals surface area contributed by atoms with Gasteiger partial charge in [0.25, 0.3) is 0 Å². The lowest BCUT2D eigenvalue weighted by atomic mass is 10.1. The van der Waals surface area contributed by atoms with Gasteiger partial charge < -0.3 is 10.6 Å². The largest absolute Gasteiger partial charge is 0.352 e. The van der Waals surface area contributed by atoms with Gasteiger partial charge in [-0.05, 0) is 59.2 Å². The average Bonchev–Trinajstić information content (AvgIpc) is 3.32. The fourth-order valence-electron chi connectivity index (χ4n) is 3.83. The van der Waals surface area contributed by atoms with Gasteiger partial charge in [-0.2, -0.15) is 0 Å². The summed E-state index contributed by atoms with van der Waals surface area (Å²) in [7, 11) is -3.44. The van der Waals surface area contributed by atoms with Gasteiger partial charge in [-0.3, -0.25) is 4.79 Å². The van der Waals surface area contributed by atoms with Gasteiger partial charge in [0.1, 0.15) is 0 Å². The third-order valence-electron chi connectivity index (χ3n) is 5.42. The van der Waals surface area contributed by atoms with Crippen molar-refractivity contribution < 1.29 is 13.2 Å². The number of aryl methyl sites for hydroxylation is 2. The van der Waals surface area contributed by atoms with Crippen LogP contribution in [0.3, 0.4) is 0 Å². The molecule has 0 fully saturated rings.